The monoisotopic (exact) mass is 202 g/mol. The Labute approximate surface area is 81.3 Å². The standard InChI is InChI=1S/C8H11ClN2S/c1-6(10)11(2)5-7-3-4-8(9)12-7/h3-4,10H,5H2,1-2H3. The highest BCUT2D eigenvalue weighted by atomic mass is 35.5. The molecule has 0 aliphatic heterocycles. The maximum Gasteiger partial charge on any atom is 0.0931 e. The van der Waals surface area contributed by atoms with Crippen molar-refractivity contribution in [3.8, 4) is 0 Å². The molecule has 0 saturated carbocycles. The number of amidine groups is 1. The van der Waals surface area contributed by atoms with Crippen molar-refractivity contribution in [3.63, 3.8) is 0 Å². The van der Waals surface area contributed by atoms with Gasteiger partial charge in [0.05, 0.1) is 16.7 Å². The largest absolute Gasteiger partial charge is 0.359 e. The predicted octanol–water partition coefficient (Wildman–Crippen LogP) is 2.83. The van der Waals surface area contributed by atoms with Crippen LogP contribution in [0.15, 0.2) is 12.1 Å². The van der Waals surface area contributed by atoms with Crippen LogP contribution in [0.5, 0.6) is 0 Å². The van der Waals surface area contributed by atoms with Gasteiger partial charge in [-0.25, -0.2) is 0 Å². The van der Waals surface area contributed by atoms with E-state index in [-0.39, 0.29) is 0 Å². The Balaban J connectivity index is 2.58. The lowest BCUT2D eigenvalue weighted by molar-refractivity contribution is 0.499. The van der Waals surface area contributed by atoms with E-state index in [2.05, 4.69) is 0 Å². The van der Waals surface area contributed by atoms with Gasteiger partial charge in [0.1, 0.15) is 0 Å². The molecule has 4 heteroatoms. The van der Waals surface area contributed by atoms with Gasteiger partial charge >= 0.3 is 0 Å². The van der Waals surface area contributed by atoms with E-state index in [0.29, 0.717) is 5.84 Å². The zero-order valence-electron chi connectivity index (χ0n) is 7.10. The Kier molecular flexibility index (Phi) is 3.12. The van der Waals surface area contributed by atoms with E-state index in [4.69, 9.17) is 17.0 Å². The van der Waals surface area contributed by atoms with E-state index in [1.165, 1.54) is 4.88 Å². The van der Waals surface area contributed by atoms with Gasteiger partial charge in [-0.05, 0) is 19.1 Å². The lowest BCUT2D eigenvalue weighted by Crippen LogP contribution is -2.21. The zero-order chi connectivity index (χ0) is 9.14. The predicted molar refractivity (Wildman–Crippen MR) is 54.2 cm³/mol. The molecular weight excluding hydrogens is 192 g/mol. The third kappa shape index (κ3) is 2.50. The summed E-state index contributed by atoms with van der Waals surface area (Å²) in [6.45, 7) is 2.54. The van der Waals surface area contributed by atoms with E-state index >= 15 is 0 Å². The van der Waals surface area contributed by atoms with Gasteiger partial charge in [-0.15, -0.1) is 11.3 Å². The molecule has 0 aromatic carbocycles. The Morgan fingerprint density at radius 2 is 2.33 bits per heavy atom. The summed E-state index contributed by atoms with van der Waals surface area (Å²) in [4.78, 5) is 3.07. The minimum Gasteiger partial charge on any atom is -0.359 e. The van der Waals surface area contributed by atoms with Crippen molar-refractivity contribution in [1.82, 2.24) is 4.90 Å². The number of hydrogen-bond acceptors (Lipinski definition) is 2. The van der Waals surface area contributed by atoms with Gasteiger partial charge in [0.15, 0.2) is 0 Å². The second-order valence-electron chi connectivity index (χ2n) is 2.65. The summed E-state index contributed by atoms with van der Waals surface area (Å²) in [6, 6.07) is 3.88. The van der Waals surface area contributed by atoms with E-state index in [1.807, 2.05) is 24.1 Å². The average Bonchev–Trinajstić information content (AvgIpc) is 2.35. The van der Waals surface area contributed by atoms with Gasteiger partial charge in [0.25, 0.3) is 0 Å². The van der Waals surface area contributed by atoms with Crippen LogP contribution in [0.3, 0.4) is 0 Å². The number of halogens is 1. The van der Waals surface area contributed by atoms with Crippen LogP contribution >= 0.6 is 22.9 Å². The van der Waals surface area contributed by atoms with Crippen molar-refractivity contribution in [1.29, 1.82) is 5.41 Å². The molecule has 0 saturated heterocycles. The van der Waals surface area contributed by atoms with Gasteiger partial charge in [-0.1, -0.05) is 11.6 Å². The molecule has 1 aromatic heterocycles. The molecule has 1 heterocycles. The molecule has 0 aliphatic carbocycles. The molecule has 0 fully saturated rings. The summed E-state index contributed by atoms with van der Waals surface area (Å²) in [5.74, 6) is 0.569. The van der Waals surface area contributed by atoms with Gasteiger partial charge in [-0.2, -0.15) is 0 Å². The van der Waals surface area contributed by atoms with Crippen LogP contribution in [-0.4, -0.2) is 17.8 Å². The van der Waals surface area contributed by atoms with Crippen LogP contribution < -0.4 is 0 Å². The summed E-state index contributed by atoms with van der Waals surface area (Å²) in [6.07, 6.45) is 0. The van der Waals surface area contributed by atoms with Crippen LogP contribution in [0.25, 0.3) is 0 Å². The lowest BCUT2D eigenvalue weighted by Gasteiger charge is -2.15. The highest BCUT2D eigenvalue weighted by Gasteiger charge is 2.02. The number of thiophene rings is 1. The molecule has 0 amide bonds. The second kappa shape index (κ2) is 3.92. The minimum atomic E-state index is 0.569. The van der Waals surface area contributed by atoms with Crippen molar-refractivity contribution >= 4 is 28.8 Å². The van der Waals surface area contributed by atoms with Crippen LogP contribution in [0, 0.1) is 5.41 Å². The highest BCUT2D eigenvalue weighted by molar-refractivity contribution is 7.16. The molecule has 0 atom stereocenters. The van der Waals surface area contributed by atoms with E-state index in [1.54, 1.807) is 18.3 Å². The molecule has 0 spiro atoms. The van der Waals surface area contributed by atoms with Gasteiger partial charge in [0, 0.05) is 11.9 Å². The first-order chi connectivity index (χ1) is 5.59. The highest BCUT2D eigenvalue weighted by Crippen LogP contribution is 2.22. The summed E-state index contributed by atoms with van der Waals surface area (Å²) >= 11 is 7.33. The smallest absolute Gasteiger partial charge is 0.0931 e. The third-order valence-corrected chi connectivity index (χ3v) is 2.81. The fourth-order valence-corrected chi connectivity index (χ4v) is 1.93. The van der Waals surface area contributed by atoms with Crippen LogP contribution in [-0.2, 0) is 6.54 Å². The summed E-state index contributed by atoms with van der Waals surface area (Å²) in [5.41, 5.74) is 0. The van der Waals surface area contributed by atoms with E-state index in [0.717, 1.165) is 10.9 Å². The first kappa shape index (κ1) is 9.55. The third-order valence-electron chi connectivity index (χ3n) is 1.59. The number of nitrogens with zero attached hydrogens (tertiary/aromatic N) is 1. The number of hydrogen-bond donors (Lipinski definition) is 1. The van der Waals surface area contributed by atoms with Crippen LogP contribution in [0.4, 0.5) is 0 Å². The van der Waals surface area contributed by atoms with Crippen molar-refractivity contribution in [2.24, 2.45) is 0 Å². The molecule has 1 rings (SSSR count). The normalized spacial score (nSPS) is 9.92. The fourth-order valence-electron chi connectivity index (χ4n) is 0.789. The molecule has 0 unspecified atom stereocenters. The first-order valence-electron chi connectivity index (χ1n) is 3.60. The summed E-state index contributed by atoms with van der Waals surface area (Å²) < 4.78 is 0.807. The summed E-state index contributed by atoms with van der Waals surface area (Å²) in [7, 11) is 1.90. The van der Waals surface area contributed by atoms with E-state index in [9.17, 15) is 0 Å². The van der Waals surface area contributed by atoms with Gasteiger partial charge in [-0.3, -0.25) is 5.41 Å². The van der Waals surface area contributed by atoms with Gasteiger partial charge < -0.3 is 4.90 Å². The first-order valence-corrected chi connectivity index (χ1v) is 4.79. The molecule has 0 aliphatic rings. The number of rotatable bonds is 2. The maximum atomic E-state index is 7.35. The SMILES string of the molecule is CC(=N)N(C)Cc1ccc(Cl)s1. The van der Waals surface area contributed by atoms with Crippen molar-refractivity contribution in [2.45, 2.75) is 13.5 Å². The topological polar surface area (TPSA) is 27.1 Å². The lowest BCUT2D eigenvalue weighted by atomic mass is 10.4. The Bertz CT molecular complexity index is 282. The minimum absolute atomic E-state index is 0.569. The number of nitrogens with one attached hydrogen (secondary N) is 1. The molecule has 12 heavy (non-hydrogen) atoms. The van der Waals surface area contributed by atoms with Crippen molar-refractivity contribution < 1.29 is 0 Å². The van der Waals surface area contributed by atoms with Crippen molar-refractivity contribution in [2.75, 3.05) is 7.05 Å². The van der Waals surface area contributed by atoms with Gasteiger partial charge in [0.2, 0.25) is 0 Å². The molecule has 1 aromatic rings. The average molecular weight is 203 g/mol. The maximum absolute atomic E-state index is 7.35. The van der Waals surface area contributed by atoms with Crippen LogP contribution in [0.1, 0.15) is 11.8 Å². The van der Waals surface area contributed by atoms with Crippen molar-refractivity contribution in [3.05, 3.63) is 21.3 Å². The second-order valence-corrected chi connectivity index (χ2v) is 4.45. The Hall–Kier alpha value is -0.540. The Morgan fingerprint density at radius 1 is 1.67 bits per heavy atom. The fraction of sp³-hybridized carbons (Fsp3) is 0.375. The summed E-state index contributed by atoms with van der Waals surface area (Å²) in [5, 5.41) is 7.35. The molecule has 1 N–H and O–H groups in total. The zero-order valence-corrected chi connectivity index (χ0v) is 8.67. The molecule has 2 nitrogen and oxygen atoms in total. The molecular formula is C8H11ClN2S. The molecule has 0 bridgehead atoms. The van der Waals surface area contributed by atoms with E-state index < -0.39 is 0 Å². The van der Waals surface area contributed by atoms with Crippen LogP contribution in [0.2, 0.25) is 4.34 Å². The Morgan fingerprint density at radius 3 is 2.75 bits per heavy atom. The molecule has 0 radical (unpaired) electrons. The molecule has 66 valence electrons. The quantitative estimate of drug-likeness (QED) is 0.580.